The van der Waals surface area contributed by atoms with E-state index < -0.39 is 0 Å². The summed E-state index contributed by atoms with van der Waals surface area (Å²) in [5.41, 5.74) is 1.90. The summed E-state index contributed by atoms with van der Waals surface area (Å²) in [6.45, 7) is 6.77. The van der Waals surface area contributed by atoms with Gasteiger partial charge in [-0.2, -0.15) is 0 Å². The van der Waals surface area contributed by atoms with Crippen molar-refractivity contribution in [2.45, 2.75) is 38.8 Å². The van der Waals surface area contributed by atoms with Crippen molar-refractivity contribution < 1.29 is 9.53 Å². The summed E-state index contributed by atoms with van der Waals surface area (Å²) in [4.78, 5) is 15.0. The number of benzene rings is 1. The molecule has 140 valence electrons. The van der Waals surface area contributed by atoms with E-state index in [0.29, 0.717) is 12.1 Å². The molecule has 1 aromatic heterocycles. The van der Waals surface area contributed by atoms with Crippen molar-refractivity contribution in [3.8, 4) is 5.75 Å². The molecule has 1 saturated heterocycles. The lowest BCUT2D eigenvalue weighted by molar-refractivity contribution is 0.0936. The zero-order valence-electron chi connectivity index (χ0n) is 15.9. The van der Waals surface area contributed by atoms with Crippen molar-refractivity contribution in [2.75, 3.05) is 19.6 Å². The number of carbonyl (C=O) groups is 1. The largest absolute Gasteiger partial charge is 0.491 e. The average Bonchev–Trinajstić information content (AvgIpc) is 3.28. The predicted octanol–water partition coefficient (Wildman–Crippen LogP) is 3.38. The minimum atomic E-state index is -0.0421. The lowest BCUT2D eigenvalue weighted by Gasteiger charge is -2.28. The molecule has 0 radical (unpaired) electrons. The van der Waals surface area contributed by atoms with E-state index >= 15 is 0 Å². The molecule has 5 nitrogen and oxygen atoms in total. The zero-order chi connectivity index (χ0) is 18.5. The number of rotatable bonds is 7. The molecule has 5 heteroatoms. The fourth-order valence-corrected chi connectivity index (χ4v) is 3.54. The van der Waals surface area contributed by atoms with Crippen LogP contribution in [0, 0.1) is 0 Å². The Morgan fingerprint density at radius 3 is 2.42 bits per heavy atom. The fourth-order valence-electron chi connectivity index (χ4n) is 3.54. The summed E-state index contributed by atoms with van der Waals surface area (Å²) in [6, 6.07) is 11.8. The summed E-state index contributed by atoms with van der Waals surface area (Å²) >= 11 is 0. The number of aromatic nitrogens is 1. The Morgan fingerprint density at radius 1 is 1.15 bits per heavy atom. The zero-order valence-corrected chi connectivity index (χ0v) is 15.9. The first-order valence-corrected chi connectivity index (χ1v) is 9.45. The van der Waals surface area contributed by atoms with Crippen LogP contribution in [0.2, 0.25) is 0 Å². The highest BCUT2D eigenvalue weighted by Gasteiger charge is 2.25. The Kier molecular flexibility index (Phi) is 5.99. The molecule has 3 rings (SSSR count). The standard InChI is InChI=1S/C21H29N3O2/c1-16(2)26-18-10-8-17(9-11-18)21(25)22-15-20(24-13-4-5-14-24)19-7-6-12-23(19)3/h6-12,16,20H,4-5,13-15H2,1-3H3,(H,22,25)/t20-/m1/s1. The molecular weight excluding hydrogens is 326 g/mol. The maximum Gasteiger partial charge on any atom is 0.251 e. The SMILES string of the molecule is CC(C)Oc1ccc(C(=O)NC[C@H](c2cccn2C)N2CCCC2)cc1. The maximum absolute atomic E-state index is 12.6. The first-order valence-electron chi connectivity index (χ1n) is 9.45. The van der Waals surface area contributed by atoms with Crippen LogP contribution in [0.4, 0.5) is 0 Å². The van der Waals surface area contributed by atoms with Gasteiger partial charge in [0.05, 0.1) is 12.1 Å². The van der Waals surface area contributed by atoms with Crippen LogP contribution in [0.3, 0.4) is 0 Å². The summed E-state index contributed by atoms with van der Waals surface area (Å²) < 4.78 is 7.78. The van der Waals surface area contributed by atoms with E-state index in [0.717, 1.165) is 18.8 Å². The van der Waals surface area contributed by atoms with E-state index in [9.17, 15) is 4.79 Å². The molecule has 1 atom stereocenters. The number of ether oxygens (including phenoxy) is 1. The molecule has 1 N–H and O–H groups in total. The third-order valence-corrected chi connectivity index (χ3v) is 4.85. The third-order valence-electron chi connectivity index (χ3n) is 4.85. The topological polar surface area (TPSA) is 46.5 Å². The first-order chi connectivity index (χ1) is 12.5. The smallest absolute Gasteiger partial charge is 0.251 e. The van der Waals surface area contributed by atoms with Crippen LogP contribution in [-0.4, -0.2) is 41.1 Å². The molecular formula is C21H29N3O2. The lowest BCUT2D eigenvalue weighted by Crippen LogP contribution is -2.37. The molecule has 2 aromatic rings. The van der Waals surface area contributed by atoms with Crippen molar-refractivity contribution >= 4 is 5.91 Å². The summed E-state index contributed by atoms with van der Waals surface area (Å²) in [5.74, 6) is 0.745. The molecule has 1 aliphatic heterocycles. The third kappa shape index (κ3) is 4.47. The number of hydrogen-bond acceptors (Lipinski definition) is 3. The van der Waals surface area contributed by atoms with Crippen LogP contribution in [-0.2, 0) is 7.05 Å². The van der Waals surface area contributed by atoms with Crippen LogP contribution >= 0.6 is 0 Å². The van der Waals surface area contributed by atoms with Crippen LogP contribution in [0.15, 0.2) is 42.6 Å². The van der Waals surface area contributed by atoms with Crippen LogP contribution in [0.25, 0.3) is 0 Å². The van der Waals surface area contributed by atoms with Crippen molar-refractivity contribution in [1.29, 1.82) is 0 Å². The van der Waals surface area contributed by atoms with E-state index in [1.54, 1.807) is 0 Å². The molecule has 1 fully saturated rings. The minimum absolute atomic E-state index is 0.0421. The maximum atomic E-state index is 12.6. The van der Waals surface area contributed by atoms with Gasteiger partial charge in [0, 0.05) is 31.0 Å². The fraction of sp³-hybridized carbons (Fsp3) is 0.476. The second kappa shape index (κ2) is 8.41. The quantitative estimate of drug-likeness (QED) is 0.828. The van der Waals surface area contributed by atoms with Crippen LogP contribution in [0.5, 0.6) is 5.75 Å². The highest BCUT2D eigenvalue weighted by molar-refractivity contribution is 5.94. The molecule has 0 spiro atoms. The van der Waals surface area contributed by atoms with E-state index in [1.807, 2.05) is 38.1 Å². The number of nitrogens with zero attached hydrogens (tertiary/aromatic N) is 2. The summed E-state index contributed by atoms with van der Waals surface area (Å²) in [6.07, 6.45) is 4.65. The van der Waals surface area contributed by atoms with Crippen molar-refractivity contribution in [2.24, 2.45) is 7.05 Å². The van der Waals surface area contributed by atoms with Gasteiger partial charge in [-0.3, -0.25) is 9.69 Å². The Labute approximate surface area is 156 Å². The Hall–Kier alpha value is -2.27. The van der Waals surface area contributed by atoms with Gasteiger partial charge in [-0.05, 0) is 76.2 Å². The van der Waals surface area contributed by atoms with Gasteiger partial charge >= 0.3 is 0 Å². The molecule has 0 bridgehead atoms. The number of amides is 1. The molecule has 1 aliphatic rings. The molecule has 1 aromatic carbocycles. The second-order valence-electron chi connectivity index (χ2n) is 7.20. The van der Waals surface area contributed by atoms with Gasteiger partial charge in [-0.15, -0.1) is 0 Å². The van der Waals surface area contributed by atoms with Gasteiger partial charge in [0.2, 0.25) is 0 Å². The van der Waals surface area contributed by atoms with Gasteiger partial charge in [0.25, 0.3) is 5.91 Å². The van der Waals surface area contributed by atoms with Gasteiger partial charge in [0.15, 0.2) is 0 Å². The van der Waals surface area contributed by atoms with Gasteiger partial charge in [-0.25, -0.2) is 0 Å². The van der Waals surface area contributed by atoms with Crippen LogP contribution in [0.1, 0.15) is 48.8 Å². The molecule has 0 aliphatic carbocycles. The number of hydrogen-bond donors (Lipinski definition) is 1. The highest BCUT2D eigenvalue weighted by Crippen LogP contribution is 2.24. The van der Waals surface area contributed by atoms with Crippen LogP contribution < -0.4 is 10.1 Å². The molecule has 26 heavy (non-hydrogen) atoms. The summed E-state index contributed by atoms with van der Waals surface area (Å²) in [7, 11) is 2.06. The molecule has 0 unspecified atom stereocenters. The van der Waals surface area contributed by atoms with Gasteiger partial charge in [0.1, 0.15) is 5.75 Å². The Bertz CT molecular complexity index is 715. The molecule has 2 heterocycles. The number of nitrogens with one attached hydrogen (secondary N) is 1. The van der Waals surface area contributed by atoms with E-state index in [1.165, 1.54) is 18.5 Å². The van der Waals surface area contributed by atoms with E-state index in [2.05, 4.69) is 40.2 Å². The Morgan fingerprint density at radius 2 is 1.85 bits per heavy atom. The monoisotopic (exact) mass is 355 g/mol. The Balaban J connectivity index is 1.65. The van der Waals surface area contributed by atoms with Crippen molar-refractivity contribution in [3.63, 3.8) is 0 Å². The predicted molar refractivity (Wildman–Crippen MR) is 104 cm³/mol. The van der Waals surface area contributed by atoms with Gasteiger partial charge < -0.3 is 14.6 Å². The minimum Gasteiger partial charge on any atom is -0.491 e. The van der Waals surface area contributed by atoms with E-state index in [4.69, 9.17) is 4.74 Å². The molecule has 0 saturated carbocycles. The normalized spacial score (nSPS) is 16.0. The number of carbonyl (C=O) groups excluding carboxylic acids is 1. The van der Waals surface area contributed by atoms with Gasteiger partial charge in [-0.1, -0.05) is 0 Å². The number of likely N-dealkylation sites (tertiary alicyclic amines) is 1. The molecule has 1 amide bonds. The second-order valence-corrected chi connectivity index (χ2v) is 7.20. The summed E-state index contributed by atoms with van der Waals surface area (Å²) in [5, 5.41) is 3.12. The first kappa shape index (κ1) is 18.5. The van der Waals surface area contributed by atoms with E-state index in [-0.39, 0.29) is 18.1 Å². The van der Waals surface area contributed by atoms with Crippen molar-refractivity contribution in [1.82, 2.24) is 14.8 Å². The van der Waals surface area contributed by atoms with Crippen molar-refractivity contribution in [3.05, 3.63) is 53.9 Å². The number of aryl methyl sites for hydroxylation is 1. The average molecular weight is 355 g/mol. The highest BCUT2D eigenvalue weighted by atomic mass is 16.5. The lowest BCUT2D eigenvalue weighted by atomic mass is 10.1.